The summed E-state index contributed by atoms with van der Waals surface area (Å²) in [6.45, 7) is 10.6. The van der Waals surface area contributed by atoms with Crippen LogP contribution in [0.3, 0.4) is 0 Å². The number of rotatable bonds is 8. The topological polar surface area (TPSA) is 86.8 Å². The Morgan fingerprint density at radius 2 is 1.71 bits per heavy atom. The van der Waals surface area contributed by atoms with Gasteiger partial charge in [-0.3, -0.25) is 13.9 Å². The number of nitrogens with one attached hydrogen (secondary N) is 1. The summed E-state index contributed by atoms with van der Waals surface area (Å²) in [6, 6.07) is 11.5. The number of sulfonamides is 1. The van der Waals surface area contributed by atoms with Crippen molar-refractivity contribution in [3.8, 4) is 0 Å². The molecule has 0 heterocycles. The number of aryl methyl sites for hydroxylation is 1. The van der Waals surface area contributed by atoms with Gasteiger partial charge in [-0.15, -0.1) is 0 Å². The molecule has 0 aromatic heterocycles. The highest BCUT2D eigenvalue weighted by Crippen LogP contribution is 2.25. The van der Waals surface area contributed by atoms with Crippen molar-refractivity contribution in [2.24, 2.45) is 0 Å². The predicted octanol–water partition coefficient (Wildman–Crippen LogP) is 4.05. The molecule has 2 aromatic rings. The van der Waals surface area contributed by atoms with Gasteiger partial charge in [0.15, 0.2) is 0 Å². The molecule has 34 heavy (non-hydrogen) atoms. The van der Waals surface area contributed by atoms with E-state index < -0.39 is 34.1 Å². The van der Waals surface area contributed by atoms with Crippen molar-refractivity contribution in [3.63, 3.8) is 0 Å². The third-order valence-electron chi connectivity index (χ3n) is 5.43. The van der Waals surface area contributed by atoms with E-state index in [1.807, 2.05) is 40.7 Å². The lowest BCUT2D eigenvalue weighted by Crippen LogP contribution is -2.54. The van der Waals surface area contributed by atoms with Gasteiger partial charge in [-0.05, 0) is 76.4 Å². The molecule has 2 amide bonds. The van der Waals surface area contributed by atoms with Gasteiger partial charge >= 0.3 is 0 Å². The van der Waals surface area contributed by atoms with Gasteiger partial charge in [-0.25, -0.2) is 8.42 Å². The molecule has 0 fully saturated rings. The summed E-state index contributed by atoms with van der Waals surface area (Å²) in [5, 5.41) is 3.40. The van der Waals surface area contributed by atoms with Crippen molar-refractivity contribution in [1.29, 1.82) is 0 Å². The average Bonchev–Trinajstić information content (AvgIpc) is 2.70. The van der Waals surface area contributed by atoms with E-state index in [1.165, 1.54) is 4.90 Å². The number of hydrogen-bond acceptors (Lipinski definition) is 4. The number of amides is 2. The van der Waals surface area contributed by atoms with Crippen LogP contribution >= 0.6 is 11.6 Å². The second kappa shape index (κ2) is 10.8. The zero-order valence-corrected chi connectivity index (χ0v) is 22.4. The smallest absolute Gasteiger partial charge is 0.244 e. The van der Waals surface area contributed by atoms with Gasteiger partial charge in [-0.2, -0.15) is 0 Å². The van der Waals surface area contributed by atoms with Crippen LogP contribution in [0.2, 0.25) is 5.02 Å². The average molecular weight is 508 g/mol. The Bertz CT molecular complexity index is 1160. The first-order chi connectivity index (χ1) is 15.6. The van der Waals surface area contributed by atoms with Crippen LogP contribution < -0.4 is 9.62 Å². The molecule has 2 rings (SSSR count). The molecule has 0 radical (unpaired) electrons. The van der Waals surface area contributed by atoms with E-state index in [2.05, 4.69) is 5.32 Å². The lowest BCUT2D eigenvalue weighted by Gasteiger charge is -2.33. The van der Waals surface area contributed by atoms with Gasteiger partial charge in [0.2, 0.25) is 21.8 Å². The van der Waals surface area contributed by atoms with Crippen LogP contribution in [-0.2, 0) is 26.2 Å². The molecule has 0 unspecified atom stereocenters. The fourth-order valence-corrected chi connectivity index (χ4v) is 4.60. The van der Waals surface area contributed by atoms with Crippen molar-refractivity contribution in [1.82, 2.24) is 10.2 Å². The van der Waals surface area contributed by atoms with E-state index in [9.17, 15) is 18.0 Å². The monoisotopic (exact) mass is 507 g/mol. The maximum absolute atomic E-state index is 13.6. The van der Waals surface area contributed by atoms with E-state index in [0.29, 0.717) is 10.7 Å². The lowest BCUT2D eigenvalue weighted by molar-refractivity contribution is -0.140. The highest BCUT2D eigenvalue weighted by atomic mass is 35.5. The van der Waals surface area contributed by atoms with Crippen LogP contribution in [0.15, 0.2) is 42.5 Å². The van der Waals surface area contributed by atoms with Crippen LogP contribution in [0.25, 0.3) is 0 Å². The molecule has 1 N–H and O–H groups in total. The zero-order chi connectivity index (χ0) is 25.8. The predicted molar refractivity (Wildman–Crippen MR) is 137 cm³/mol. The van der Waals surface area contributed by atoms with Crippen molar-refractivity contribution < 1.29 is 18.0 Å². The molecule has 0 aliphatic carbocycles. The number of benzene rings is 2. The molecular weight excluding hydrogens is 474 g/mol. The Labute approximate surface area is 208 Å². The van der Waals surface area contributed by atoms with Gasteiger partial charge in [0.1, 0.15) is 12.6 Å². The van der Waals surface area contributed by atoms with Crippen LogP contribution in [0.4, 0.5) is 5.69 Å². The fraction of sp³-hybridized carbons (Fsp3) is 0.440. The minimum Gasteiger partial charge on any atom is -0.350 e. The second-order valence-corrected chi connectivity index (χ2v) is 11.9. The first-order valence-corrected chi connectivity index (χ1v) is 13.2. The van der Waals surface area contributed by atoms with E-state index in [1.54, 1.807) is 43.3 Å². The highest BCUT2D eigenvalue weighted by molar-refractivity contribution is 7.92. The number of hydrogen-bond donors (Lipinski definition) is 1. The molecular formula is C25H34ClN3O4S. The summed E-state index contributed by atoms with van der Waals surface area (Å²) in [6.07, 6.45) is 1.07. The van der Waals surface area contributed by atoms with Gasteiger partial charge in [0, 0.05) is 17.1 Å². The van der Waals surface area contributed by atoms with E-state index >= 15 is 0 Å². The fourth-order valence-electron chi connectivity index (χ4n) is 3.49. The summed E-state index contributed by atoms with van der Waals surface area (Å²) in [5.74, 6) is -0.830. The molecule has 186 valence electrons. The number of carbonyl (C=O) groups excluding carboxylic acids is 2. The molecule has 1 atom stereocenters. The lowest BCUT2D eigenvalue weighted by atomic mass is 10.1. The van der Waals surface area contributed by atoms with Crippen LogP contribution in [0.1, 0.15) is 44.4 Å². The molecule has 0 bridgehead atoms. The third kappa shape index (κ3) is 7.46. The Hall–Kier alpha value is -2.58. The van der Waals surface area contributed by atoms with Crippen molar-refractivity contribution in [2.45, 2.75) is 59.7 Å². The quantitative estimate of drug-likeness (QED) is 0.583. The SMILES string of the molecule is Cc1cccc(N(CC(=O)N(Cc2cccc(Cl)c2)[C@H](C)C(=O)NC(C)(C)C)S(C)(=O)=O)c1C. The Kier molecular flexibility index (Phi) is 8.77. The van der Waals surface area contributed by atoms with Gasteiger partial charge in [0.25, 0.3) is 0 Å². The number of nitrogens with zero attached hydrogens (tertiary/aromatic N) is 2. The number of carbonyl (C=O) groups is 2. The normalized spacial score (nSPS) is 12.7. The summed E-state index contributed by atoms with van der Waals surface area (Å²) in [4.78, 5) is 27.9. The molecule has 0 aliphatic heterocycles. The molecule has 0 aliphatic rings. The Morgan fingerprint density at radius 3 is 2.26 bits per heavy atom. The molecule has 9 heteroatoms. The maximum atomic E-state index is 13.6. The Morgan fingerprint density at radius 1 is 1.09 bits per heavy atom. The van der Waals surface area contributed by atoms with Crippen LogP contribution in [0, 0.1) is 13.8 Å². The molecule has 0 spiro atoms. The summed E-state index contributed by atoms with van der Waals surface area (Å²) in [7, 11) is -3.78. The minimum absolute atomic E-state index is 0.0997. The Balaban J connectivity index is 2.45. The number of anilines is 1. The van der Waals surface area contributed by atoms with Crippen LogP contribution in [0.5, 0.6) is 0 Å². The third-order valence-corrected chi connectivity index (χ3v) is 6.79. The largest absolute Gasteiger partial charge is 0.350 e. The zero-order valence-electron chi connectivity index (χ0n) is 20.8. The molecule has 0 saturated heterocycles. The molecule has 2 aromatic carbocycles. The van der Waals surface area contributed by atoms with Gasteiger partial charge in [0.05, 0.1) is 11.9 Å². The number of halogens is 1. The summed E-state index contributed by atoms with van der Waals surface area (Å²) in [5.41, 5.74) is 2.35. The van der Waals surface area contributed by atoms with Gasteiger partial charge in [-0.1, -0.05) is 35.9 Å². The molecule has 7 nitrogen and oxygen atoms in total. The van der Waals surface area contributed by atoms with Crippen molar-refractivity contribution >= 4 is 39.1 Å². The van der Waals surface area contributed by atoms with E-state index in [-0.39, 0.29) is 12.5 Å². The first kappa shape index (κ1) is 27.7. The maximum Gasteiger partial charge on any atom is 0.244 e. The summed E-state index contributed by atoms with van der Waals surface area (Å²) < 4.78 is 26.5. The minimum atomic E-state index is -3.78. The van der Waals surface area contributed by atoms with Gasteiger partial charge < -0.3 is 10.2 Å². The first-order valence-electron chi connectivity index (χ1n) is 11.0. The van der Waals surface area contributed by atoms with Crippen molar-refractivity contribution in [2.75, 3.05) is 17.1 Å². The van der Waals surface area contributed by atoms with E-state index in [4.69, 9.17) is 11.6 Å². The van der Waals surface area contributed by atoms with Crippen molar-refractivity contribution in [3.05, 3.63) is 64.2 Å². The highest BCUT2D eigenvalue weighted by Gasteiger charge is 2.31. The summed E-state index contributed by atoms with van der Waals surface area (Å²) >= 11 is 6.12. The molecule has 0 saturated carbocycles. The standard InChI is InChI=1S/C25H34ClN3O4S/c1-17-10-8-13-22(18(17)2)29(34(7,32)33)16-23(30)28(15-20-11-9-12-21(26)14-20)19(3)24(31)27-25(4,5)6/h8-14,19H,15-16H2,1-7H3,(H,27,31)/t19-/m1/s1. The van der Waals surface area contributed by atoms with E-state index in [0.717, 1.165) is 27.3 Å². The van der Waals surface area contributed by atoms with Crippen LogP contribution in [-0.4, -0.2) is 49.5 Å². The second-order valence-electron chi connectivity index (χ2n) is 9.56.